The molecule has 7 heterocycles. The second-order valence-electron chi connectivity index (χ2n) is 10.0. The number of fused-ring (bicyclic) bond motifs is 5. The third-order valence-electron chi connectivity index (χ3n) is 7.21. The molecule has 4 aromatic heterocycles. The Bertz CT molecular complexity index is 2010. The van der Waals surface area contributed by atoms with Gasteiger partial charge in [-0.15, -0.1) is 0 Å². The summed E-state index contributed by atoms with van der Waals surface area (Å²) >= 11 is 5.06. The number of nitrogens with two attached hydrogens (primary N) is 1. The minimum absolute atomic E-state index is 0.0593. The summed E-state index contributed by atoms with van der Waals surface area (Å²) in [6.07, 6.45) is -11.1. The summed E-state index contributed by atoms with van der Waals surface area (Å²) in [7, 11) is -5.20. The Morgan fingerprint density at radius 3 is 2.33 bits per heavy atom. The van der Waals surface area contributed by atoms with Gasteiger partial charge >= 0.3 is 14.5 Å². The number of imidazole rings is 2. The average molecular weight is 695 g/mol. The highest BCUT2D eigenvalue weighted by molar-refractivity contribution is 8.07. The lowest BCUT2D eigenvalue weighted by Crippen LogP contribution is -2.34. The molecular formula is C20H21F2N9O11P2S. The molecule has 3 saturated heterocycles. The fraction of sp³-hybridized carbons (Fsp3) is 0.500. The number of H-pyrrole nitrogens is 2. The maximum Gasteiger partial charge on any atom is 0.472 e. The van der Waals surface area contributed by atoms with Crippen LogP contribution in [0.15, 0.2) is 28.6 Å². The molecule has 45 heavy (non-hydrogen) atoms. The van der Waals surface area contributed by atoms with Crippen molar-refractivity contribution < 1.29 is 50.7 Å². The monoisotopic (exact) mass is 695 g/mol. The lowest BCUT2D eigenvalue weighted by atomic mass is 10.1. The predicted octanol–water partition coefficient (Wildman–Crippen LogP) is -0.560. The van der Waals surface area contributed by atoms with Gasteiger partial charge in [0.25, 0.3) is 11.1 Å². The smallest absolute Gasteiger partial charge is 0.369 e. The molecule has 4 aromatic rings. The number of aromatic amines is 2. The molecule has 10 atom stereocenters. The zero-order valence-corrected chi connectivity index (χ0v) is 24.8. The highest BCUT2D eigenvalue weighted by Crippen LogP contribution is 2.54. The van der Waals surface area contributed by atoms with Crippen LogP contribution in [0.3, 0.4) is 0 Å². The third-order valence-corrected chi connectivity index (χ3v) is 9.75. The van der Waals surface area contributed by atoms with Crippen LogP contribution in [0, 0.1) is 0 Å². The van der Waals surface area contributed by atoms with Crippen molar-refractivity contribution >= 4 is 54.6 Å². The lowest BCUT2D eigenvalue weighted by Gasteiger charge is -2.26. The molecule has 0 spiro atoms. The van der Waals surface area contributed by atoms with E-state index in [0.717, 1.165) is 28.1 Å². The first-order valence-electron chi connectivity index (χ1n) is 12.8. The van der Waals surface area contributed by atoms with Crippen molar-refractivity contribution in [3.05, 3.63) is 39.7 Å². The number of anilines is 1. The van der Waals surface area contributed by atoms with Crippen molar-refractivity contribution in [2.45, 2.75) is 49.2 Å². The zero-order chi connectivity index (χ0) is 31.8. The van der Waals surface area contributed by atoms with Gasteiger partial charge in [0.15, 0.2) is 47.1 Å². The Labute approximate surface area is 252 Å². The van der Waals surface area contributed by atoms with Crippen LogP contribution in [0.25, 0.3) is 22.3 Å². The molecule has 0 saturated carbocycles. The standard InChI is InChI=1S/C20H21F2N9O11P2S/c21-8-6-1-38-44(36,45)42-12-7(40-18(9(12)22)30-4-26-10-14(30)24-3-25-16(10)32)2-37-43(34,35)41-13(8)19(39-6)31-5-27-11-15(31)28-20(23)29-17(11)33/h3-9,12-13,18-19H,1-2H2,(H,34,35)(H,36,45)(H,24,25,32)(H3,23,28,29,33)/t6-,7-,8-,9+,12-,13-,18-,19-,44?/m1/s1. The largest absolute Gasteiger partial charge is 0.472 e. The topological polar surface area (TPSA) is 266 Å². The van der Waals surface area contributed by atoms with E-state index in [4.69, 9.17) is 45.1 Å². The first-order valence-corrected chi connectivity index (χ1v) is 16.9. The third kappa shape index (κ3) is 5.42. The Balaban J connectivity index is 1.21. The number of nitrogen functional groups attached to an aromatic ring is 1. The van der Waals surface area contributed by atoms with E-state index in [9.17, 15) is 23.9 Å². The molecule has 2 bridgehead atoms. The molecule has 3 aliphatic heterocycles. The molecule has 25 heteroatoms. The SMILES string of the molecule is Nc1nc2c(ncn2[C@@H]2O[C@@H]3COP(O)(=S)O[C@H]4[C@H](F)[C@H](n5cnc6c(=O)[nH]cnc65)O[C@@H]4COP(=O)(O)O[C@@H]2[C@@H]3F)c(=O)[nH]1. The van der Waals surface area contributed by atoms with Crippen LogP contribution in [0.4, 0.5) is 14.7 Å². The van der Waals surface area contributed by atoms with Crippen molar-refractivity contribution in [2.75, 3.05) is 18.9 Å². The van der Waals surface area contributed by atoms with E-state index in [1.165, 1.54) is 0 Å². The highest BCUT2D eigenvalue weighted by Gasteiger charge is 2.54. The van der Waals surface area contributed by atoms with E-state index in [-0.39, 0.29) is 28.3 Å². The summed E-state index contributed by atoms with van der Waals surface area (Å²) in [6, 6.07) is 0. The van der Waals surface area contributed by atoms with Crippen molar-refractivity contribution in [1.29, 1.82) is 0 Å². The number of aromatic nitrogens is 8. The van der Waals surface area contributed by atoms with Crippen LogP contribution in [0.2, 0.25) is 0 Å². The normalized spacial score (nSPS) is 37.7. The summed E-state index contributed by atoms with van der Waals surface area (Å²) in [6.45, 7) is -6.08. The van der Waals surface area contributed by atoms with Crippen molar-refractivity contribution in [2.24, 2.45) is 0 Å². The molecule has 0 aliphatic carbocycles. The molecule has 20 nitrogen and oxygen atoms in total. The number of nitrogens with one attached hydrogen (secondary N) is 2. The molecule has 0 radical (unpaired) electrons. The fourth-order valence-electron chi connectivity index (χ4n) is 5.23. The molecule has 2 unspecified atom stereocenters. The number of nitrogens with zero attached hydrogens (tertiary/aromatic N) is 6. The van der Waals surface area contributed by atoms with Gasteiger partial charge in [-0.25, -0.2) is 28.3 Å². The number of hydrogen-bond donors (Lipinski definition) is 5. The maximum atomic E-state index is 15.9. The molecule has 0 amide bonds. The van der Waals surface area contributed by atoms with Gasteiger partial charge in [-0.1, -0.05) is 0 Å². The summed E-state index contributed by atoms with van der Waals surface area (Å²) in [5.74, 6) is -0.306. The van der Waals surface area contributed by atoms with Gasteiger partial charge in [0.05, 0.1) is 32.2 Å². The fourth-order valence-corrected chi connectivity index (χ4v) is 7.59. The first kappa shape index (κ1) is 30.6. The number of ether oxygens (including phenoxy) is 2. The quantitative estimate of drug-likeness (QED) is 0.165. The number of phosphoric ester groups is 1. The van der Waals surface area contributed by atoms with Gasteiger partial charge < -0.3 is 34.5 Å². The molecule has 3 fully saturated rings. The number of alkyl halides is 2. The van der Waals surface area contributed by atoms with Crippen LogP contribution in [-0.4, -0.2) is 98.8 Å². The average Bonchev–Trinajstić information content (AvgIpc) is 3.72. The number of rotatable bonds is 2. The Kier molecular flexibility index (Phi) is 7.49. The van der Waals surface area contributed by atoms with E-state index in [1.54, 1.807) is 0 Å². The van der Waals surface area contributed by atoms with Gasteiger partial charge in [0.2, 0.25) is 5.95 Å². The number of phosphoric acid groups is 1. The van der Waals surface area contributed by atoms with Gasteiger partial charge in [-0.05, 0) is 11.8 Å². The minimum atomic E-state index is -5.20. The lowest BCUT2D eigenvalue weighted by molar-refractivity contribution is -0.0642. The van der Waals surface area contributed by atoms with Crippen molar-refractivity contribution in [1.82, 2.24) is 39.0 Å². The van der Waals surface area contributed by atoms with Gasteiger partial charge in [0, 0.05) is 0 Å². The first-order chi connectivity index (χ1) is 21.3. The van der Waals surface area contributed by atoms with E-state index in [1.807, 2.05) is 0 Å². The maximum absolute atomic E-state index is 15.9. The molecule has 0 aromatic carbocycles. The molecular weight excluding hydrogens is 674 g/mol. The minimum Gasteiger partial charge on any atom is -0.369 e. The van der Waals surface area contributed by atoms with E-state index < -0.39 is 88.1 Å². The summed E-state index contributed by atoms with van der Waals surface area (Å²) < 4.78 is 79.4. The Morgan fingerprint density at radius 1 is 0.911 bits per heavy atom. The van der Waals surface area contributed by atoms with E-state index in [2.05, 4.69) is 29.9 Å². The number of hydrogen-bond acceptors (Lipinski definition) is 15. The summed E-state index contributed by atoms with van der Waals surface area (Å²) in [5, 5.41) is 0. The Morgan fingerprint density at radius 2 is 1.58 bits per heavy atom. The van der Waals surface area contributed by atoms with Gasteiger partial charge in [0.1, 0.15) is 24.4 Å². The predicted molar refractivity (Wildman–Crippen MR) is 146 cm³/mol. The second-order valence-corrected chi connectivity index (χ2v) is 14.2. The molecule has 3 aliphatic rings. The van der Waals surface area contributed by atoms with E-state index in [0.29, 0.717) is 0 Å². The number of halogens is 2. The van der Waals surface area contributed by atoms with Crippen LogP contribution >= 0.6 is 14.5 Å². The van der Waals surface area contributed by atoms with E-state index >= 15 is 8.78 Å². The van der Waals surface area contributed by atoms with Gasteiger partial charge in [-0.3, -0.25) is 37.3 Å². The van der Waals surface area contributed by atoms with Crippen molar-refractivity contribution in [3.63, 3.8) is 0 Å². The molecule has 6 N–H and O–H groups in total. The second kappa shape index (κ2) is 11.0. The van der Waals surface area contributed by atoms with Gasteiger partial charge in [-0.2, -0.15) is 4.98 Å². The van der Waals surface area contributed by atoms with Crippen LogP contribution in [0.5, 0.6) is 0 Å². The summed E-state index contributed by atoms with van der Waals surface area (Å²) in [4.78, 5) is 66.2. The van der Waals surface area contributed by atoms with Crippen LogP contribution in [-0.2, 0) is 43.9 Å². The summed E-state index contributed by atoms with van der Waals surface area (Å²) in [5.41, 5.74) is 3.75. The van der Waals surface area contributed by atoms with Crippen LogP contribution in [0.1, 0.15) is 12.5 Å². The Hall–Kier alpha value is -3.08. The van der Waals surface area contributed by atoms with Crippen molar-refractivity contribution in [3.8, 4) is 0 Å². The molecule has 7 rings (SSSR count). The highest BCUT2D eigenvalue weighted by atomic mass is 32.5. The zero-order valence-electron chi connectivity index (χ0n) is 22.2. The molecule has 242 valence electrons. The van der Waals surface area contributed by atoms with Crippen LogP contribution < -0.4 is 16.9 Å².